The molecular weight excluding hydrogens is 248 g/mol. The Hall–Kier alpha value is -1.35. The van der Waals surface area contributed by atoms with Gasteiger partial charge in [0.15, 0.2) is 0 Å². The molecule has 1 aliphatic heterocycles. The molecule has 1 fully saturated rings. The van der Waals surface area contributed by atoms with Gasteiger partial charge in [-0.1, -0.05) is 23.8 Å². The first kappa shape index (κ1) is 15.0. The van der Waals surface area contributed by atoms with E-state index in [-0.39, 0.29) is 5.91 Å². The molecule has 1 heterocycles. The highest BCUT2D eigenvalue weighted by molar-refractivity contribution is 5.76. The number of piperidine rings is 1. The Labute approximate surface area is 122 Å². The Kier molecular flexibility index (Phi) is 5.60. The number of aryl methyl sites for hydroxylation is 3. The molecule has 20 heavy (non-hydrogen) atoms. The molecule has 0 aliphatic carbocycles. The predicted molar refractivity (Wildman–Crippen MR) is 82.8 cm³/mol. The number of hydrogen-bond donors (Lipinski definition) is 2. The second-order valence-electron chi connectivity index (χ2n) is 5.95. The number of rotatable bonds is 5. The summed E-state index contributed by atoms with van der Waals surface area (Å²) in [5, 5.41) is 6.45. The van der Waals surface area contributed by atoms with Crippen molar-refractivity contribution >= 4 is 5.91 Å². The van der Waals surface area contributed by atoms with E-state index in [1.54, 1.807) is 0 Å². The SMILES string of the molecule is Cc1ccc(CCC(=O)NCC2CCCNC2)c(C)c1. The third-order valence-corrected chi connectivity index (χ3v) is 4.11. The van der Waals surface area contributed by atoms with Gasteiger partial charge in [-0.05, 0) is 63.2 Å². The highest BCUT2D eigenvalue weighted by Crippen LogP contribution is 2.13. The van der Waals surface area contributed by atoms with E-state index in [0.29, 0.717) is 12.3 Å². The molecule has 0 spiro atoms. The van der Waals surface area contributed by atoms with Crippen LogP contribution in [0.5, 0.6) is 0 Å². The summed E-state index contributed by atoms with van der Waals surface area (Å²) in [5.41, 5.74) is 3.85. The van der Waals surface area contributed by atoms with Gasteiger partial charge in [0.05, 0.1) is 0 Å². The fourth-order valence-corrected chi connectivity index (χ4v) is 2.82. The molecule has 1 saturated heterocycles. The van der Waals surface area contributed by atoms with E-state index in [1.807, 2.05) is 0 Å². The average Bonchev–Trinajstić information content (AvgIpc) is 2.45. The first-order valence-electron chi connectivity index (χ1n) is 7.68. The third-order valence-electron chi connectivity index (χ3n) is 4.11. The van der Waals surface area contributed by atoms with Crippen LogP contribution >= 0.6 is 0 Å². The fourth-order valence-electron chi connectivity index (χ4n) is 2.82. The largest absolute Gasteiger partial charge is 0.356 e. The Morgan fingerprint density at radius 1 is 1.40 bits per heavy atom. The maximum atomic E-state index is 11.9. The summed E-state index contributed by atoms with van der Waals surface area (Å²) < 4.78 is 0. The maximum Gasteiger partial charge on any atom is 0.220 e. The van der Waals surface area contributed by atoms with Crippen LogP contribution in [0.4, 0.5) is 0 Å². The highest BCUT2D eigenvalue weighted by Gasteiger charge is 2.13. The molecule has 0 saturated carbocycles. The zero-order chi connectivity index (χ0) is 14.4. The summed E-state index contributed by atoms with van der Waals surface area (Å²) >= 11 is 0. The number of carbonyl (C=O) groups is 1. The zero-order valence-electron chi connectivity index (χ0n) is 12.7. The van der Waals surface area contributed by atoms with Crippen LogP contribution in [0.1, 0.15) is 36.0 Å². The van der Waals surface area contributed by atoms with Crippen LogP contribution < -0.4 is 10.6 Å². The molecule has 0 radical (unpaired) electrons. The monoisotopic (exact) mass is 274 g/mol. The third kappa shape index (κ3) is 4.64. The molecule has 0 bridgehead atoms. The average molecular weight is 274 g/mol. The second-order valence-corrected chi connectivity index (χ2v) is 5.95. The van der Waals surface area contributed by atoms with Gasteiger partial charge >= 0.3 is 0 Å². The Balaban J connectivity index is 1.71. The molecule has 2 rings (SSSR count). The van der Waals surface area contributed by atoms with Crippen LogP contribution in [0.15, 0.2) is 18.2 Å². The van der Waals surface area contributed by atoms with E-state index in [0.717, 1.165) is 26.1 Å². The van der Waals surface area contributed by atoms with Crippen molar-refractivity contribution in [3.05, 3.63) is 34.9 Å². The quantitative estimate of drug-likeness (QED) is 0.865. The van der Waals surface area contributed by atoms with E-state index in [1.165, 1.54) is 29.5 Å². The van der Waals surface area contributed by atoms with Crippen LogP contribution in [-0.2, 0) is 11.2 Å². The van der Waals surface area contributed by atoms with Crippen molar-refractivity contribution < 1.29 is 4.79 Å². The highest BCUT2D eigenvalue weighted by atomic mass is 16.1. The topological polar surface area (TPSA) is 41.1 Å². The van der Waals surface area contributed by atoms with Crippen molar-refractivity contribution in [3.8, 4) is 0 Å². The molecule has 1 amide bonds. The Morgan fingerprint density at radius 3 is 2.95 bits per heavy atom. The van der Waals surface area contributed by atoms with Crippen molar-refractivity contribution in [1.29, 1.82) is 0 Å². The number of nitrogens with one attached hydrogen (secondary N) is 2. The van der Waals surface area contributed by atoms with Gasteiger partial charge in [0.25, 0.3) is 0 Å². The first-order valence-corrected chi connectivity index (χ1v) is 7.68. The van der Waals surface area contributed by atoms with Crippen LogP contribution in [0.3, 0.4) is 0 Å². The Morgan fingerprint density at radius 2 is 2.25 bits per heavy atom. The molecule has 110 valence electrons. The maximum absolute atomic E-state index is 11.9. The minimum Gasteiger partial charge on any atom is -0.356 e. The predicted octanol–water partition coefficient (Wildman–Crippen LogP) is 2.35. The van der Waals surface area contributed by atoms with Crippen LogP contribution in [0.25, 0.3) is 0 Å². The summed E-state index contributed by atoms with van der Waals surface area (Å²) in [7, 11) is 0. The van der Waals surface area contributed by atoms with Gasteiger partial charge in [0.2, 0.25) is 5.91 Å². The van der Waals surface area contributed by atoms with Crippen LogP contribution in [-0.4, -0.2) is 25.5 Å². The van der Waals surface area contributed by atoms with Crippen LogP contribution in [0, 0.1) is 19.8 Å². The zero-order valence-corrected chi connectivity index (χ0v) is 12.7. The van der Waals surface area contributed by atoms with E-state index < -0.39 is 0 Å². The van der Waals surface area contributed by atoms with Crippen LogP contribution in [0.2, 0.25) is 0 Å². The number of amides is 1. The smallest absolute Gasteiger partial charge is 0.220 e. The minimum atomic E-state index is 0.176. The van der Waals surface area contributed by atoms with Gasteiger partial charge in [-0.3, -0.25) is 4.79 Å². The molecular formula is C17H26N2O. The van der Waals surface area contributed by atoms with Crippen molar-refractivity contribution in [2.24, 2.45) is 5.92 Å². The molecule has 3 nitrogen and oxygen atoms in total. The van der Waals surface area contributed by atoms with E-state index >= 15 is 0 Å². The summed E-state index contributed by atoms with van der Waals surface area (Å²) in [6, 6.07) is 6.44. The van der Waals surface area contributed by atoms with Crippen molar-refractivity contribution in [2.45, 2.75) is 39.5 Å². The van der Waals surface area contributed by atoms with E-state index in [2.05, 4.69) is 42.7 Å². The molecule has 1 aromatic carbocycles. The summed E-state index contributed by atoms with van der Waals surface area (Å²) in [6.07, 6.45) is 3.87. The van der Waals surface area contributed by atoms with E-state index in [4.69, 9.17) is 0 Å². The Bertz CT molecular complexity index is 450. The lowest BCUT2D eigenvalue weighted by Crippen LogP contribution is -2.38. The van der Waals surface area contributed by atoms with Gasteiger partial charge in [-0.2, -0.15) is 0 Å². The molecule has 1 aromatic rings. The van der Waals surface area contributed by atoms with Gasteiger partial charge in [0, 0.05) is 13.0 Å². The van der Waals surface area contributed by atoms with Gasteiger partial charge in [-0.25, -0.2) is 0 Å². The lowest BCUT2D eigenvalue weighted by molar-refractivity contribution is -0.121. The van der Waals surface area contributed by atoms with Gasteiger partial charge in [0.1, 0.15) is 0 Å². The fraction of sp³-hybridized carbons (Fsp3) is 0.588. The van der Waals surface area contributed by atoms with Crippen molar-refractivity contribution in [1.82, 2.24) is 10.6 Å². The molecule has 0 aromatic heterocycles. The normalized spacial score (nSPS) is 18.8. The lowest BCUT2D eigenvalue weighted by atomic mass is 9.99. The number of benzene rings is 1. The molecule has 1 atom stereocenters. The molecule has 1 unspecified atom stereocenters. The van der Waals surface area contributed by atoms with Crippen molar-refractivity contribution in [2.75, 3.05) is 19.6 Å². The lowest BCUT2D eigenvalue weighted by Gasteiger charge is -2.22. The molecule has 3 heteroatoms. The number of carbonyl (C=O) groups excluding carboxylic acids is 1. The van der Waals surface area contributed by atoms with Gasteiger partial charge < -0.3 is 10.6 Å². The second kappa shape index (κ2) is 7.44. The van der Waals surface area contributed by atoms with Crippen molar-refractivity contribution in [3.63, 3.8) is 0 Å². The first-order chi connectivity index (χ1) is 9.65. The molecule has 1 aliphatic rings. The standard InChI is InChI=1S/C17H26N2O/c1-13-5-6-16(14(2)10-13)7-8-17(20)19-12-15-4-3-9-18-11-15/h5-6,10,15,18H,3-4,7-9,11-12H2,1-2H3,(H,19,20). The number of hydrogen-bond acceptors (Lipinski definition) is 2. The van der Waals surface area contributed by atoms with Gasteiger partial charge in [-0.15, -0.1) is 0 Å². The summed E-state index contributed by atoms with van der Waals surface area (Å²) in [6.45, 7) is 7.20. The summed E-state index contributed by atoms with van der Waals surface area (Å²) in [5.74, 6) is 0.782. The molecule has 2 N–H and O–H groups in total. The summed E-state index contributed by atoms with van der Waals surface area (Å²) in [4.78, 5) is 11.9. The van der Waals surface area contributed by atoms with E-state index in [9.17, 15) is 4.79 Å². The minimum absolute atomic E-state index is 0.176.